The molecule has 0 saturated carbocycles. The molecule has 0 spiro atoms. The number of morpholine rings is 1. The third kappa shape index (κ3) is 3.63. The van der Waals surface area contributed by atoms with Crippen molar-refractivity contribution < 1.29 is 9.53 Å². The number of amides is 1. The van der Waals surface area contributed by atoms with Gasteiger partial charge in [0.2, 0.25) is 0 Å². The monoisotopic (exact) mass is 286 g/mol. The van der Waals surface area contributed by atoms with Crippen LogP contribution in [0.1, 0.15) is 35.3 Å². The first-order chi connectivity index (χ1) is 9.94. The normalized spacial score (nSPS) is 17.0. The molecule has 0 aromatic heterocycles. The van der Waals surface area contributed by atoms with Crippen LogP contribution in [0.15, 0.2) is 18.2 Å². The van der Waals surface area contributed by atoms with Crippen molar-refractivity contribution in [2.45, 2.75) is 26.3 Å². The molecule has 1 aliphatic heterocycles. The molecule has 4 heteroatoms. The highest BCUT2D eigenvalue weighted by atomic mass is 16.5. The molecule has 2 N–H and O–H groups in total. The van der Waals surface area contributed by atoms with Crippen molar-refractivity contribution in [3.63, 3.8) is 0 Å². The first kappa shape index (κ1) is 15.6. The number of ether oxygens (including phenoxy) is 1. The van der Waals surface area contributed by atoms with Crippen LogP contribution >= 0.6 is 0 Å². The Hall–Kier alpha value is -1.83. The van der Waals surface area contributed by atoms with E-state index < -0.39 is 0 Å². The summed E-state index contributed by atoms with van der Waals surface area (Å²) in [6.07, 6.45) is 0. The zero-order valence-electron chi connectivity index (χ0n) is 12.9. The smallest absolute Gasteiger partial charge is 0.254 e. The van der Waals surface area contributed by atoms with Gasteiger partial charge in [0.15, 0.2) is 0 Å². The maximum absolute atomic E-state index is 12.8. The van der Waals surface area contributed by atoms with Crippen molar-refractivity contribution in [1.29, 1.82) is 0 Å². The first-order valence-electron chi connectivity index (χ1n) is 7.14. The van der Waals surface area contributed by atoms with E-state index in [-0.39, 0.29) is 11.4 Å². The summed E-state index contributed by atoms with van der Waals surface area (Å²) >= 11 is 0. The van der Waals surface area contributed by atoms with Crippen molar-refractivity contribution in [1.82, 2.24) is 4.90 Å². The highest BCUT2D eigenvalue weighted by Gasteiger charge is 2.34. The maximum atomic E-state index is 12.8. The number of aryl methyl sites for hydroxylation is 1. The average Bonchev–Trinajstić information content (AvgIpc) is 2.43. The molecule has 0 bridgehead atoms. The zero-order chi connectivity index (χ0) is 15.5. The summed E-state index contributed by atoms with van der Waals surface area (Å²) in [6, 6.07) is 5.70. The summed E-state index contributed by atoms with van der Waals surface area (Å²) in [5.74, 6) is 5.85. The van der Waals surface area contributed by atoms with Gasteiger partial charge in [0.1, 0.15) is 0 Å². The van der Waals surface area contributed by atoms with Crippen molar-refractivity contribution in [2.24, 2.45) is 5.73 Å². The van der Waals surface area contributed by atoms with E-state index in [1.165, 1.54) is 0 Å². The Kier molecular flexibility index (Phi) is 4.66. The lowest BCUT2D eigenvalue weighted by molar-refractivity contribution is -0.0370. The van der Waals surface area contributed by atoms with E-state index in [0.717, 1.165) is 11.1 Å². The molecule has 112 valence electrons. The summed E-state index contributed by atoms with van der Waals surface area (Å²) in [4.78, 5) is 14.7. The average molecular weight is 286 g/mol. The fourth-order valence-electron chi connectivity index (χ4n) is 2.52. The Morgan fingerprint density at radius 3 is 2.86 bits per heavy atom. The Bertz CT molecular complexity index is 597. The molecule has 0 unspecified atom stereocenters. The predicted molar refractivity (Wildman–Crippen MR) is 83.0 cm³/mol. The zero-order valence-corrected chi connectivity index (χ0v) is 12.9. The molecule has 1 heterocycles. The number of hydrogen-bond donors (Lipinski definition) is 1. The van der Waals surface area contributed by atoms with Gasteiger partial charge >= 0.3 is 0 Å². The summed E-state index contributed by atoms with van der Waals surface area (Å²) in [6.45, 7) is 8.08. The SMILES string of the molecule is Cc1cc(C#CCN)cc(C(=O)N2CCOCC2(C)C)c1. The van der Waals surface area contributed by atoms with Gasteiger partial charge in [0.25, 0.3) is 5.91 Å². The maximum Gasteiger partial charge on any atom is 0.254 e. The minimum Gasteiger partial charge on any atom is -0.377 e. The number of carbonyl (C=O) groups is 1. The van der Waals surface area contributed by atoms with Crippen LogP contribution in [0.5, 0.6) is 0 Å². The Balaban J connectivity index is 2.32. The molecule has 0 radical (unpaired) electrons. The fourth-order valence-corrected chi connectivity index (χ4v) is 2.52. The molecule has 1 fully saturated rings. The summed E-state index contributed by atoms with van der Waals surface area (Å²) in [5.41, 5.74) is 7.64. The predicted octanol–water partition coefficient (Wildman–Crippen LogP) is 1.56. The molecule has 2 rings (SSSR count). The van der Waals surface area contributed by atoms with Gasteiger partial charge in [-0.05, 0) is 44.5 Å². The molecule has 0 atom stereocenters. The molecule has 0 aliphatic carbocycles. The van der Waals surface area contributed by atoms with Crippen LogP contribution in [-0.2, 0) is 4.74 Å². The second-order valence-electron chi connectivity index (χ2n) is 5.92. The van der Waals surface area contributed by atoms with E-state index in [1.807, 2.05) is 43.9 Å². The van der Waals surface area contributed by atoms with Gasteiger partial charge in [-0.1, -0.05) is 11.8 Å². The van der Waals surface area contributed by atoms with Crippen LogP contribution in [0.3, 0.4) is 0 Å². The quantitative estimate of drug-likeness (QED) is 0.797. The number of benzene rings is 1. The lowest BCUT2D eigenvalue weighted by Crippen LogP contribution is -2.55. The summed E-state index contributed by atoms with van der Waals surface area (Å²) in [5, 5.41) is 0. The minimum absolute atomic E-state index is 0.0304. The standard InChI is InChI=1S/C17H22N2O2/c1-13-9-14(5-4-6-18)11-15(10-13)16(20)19-7-8-21-12-17(19,2)3/h9-11H,6-8,12,18H2,1-3H3. The van der Waals surface area contributed by atoms with Gasteiger partial charge in [-0.15, -0.1) is 0 Å². The van der Waals surface area contributed by atoms with E-state index in [4.69, 9.17) is 10.5 Å². The first-order valence-corrected chi connectivity index (χ1v) is 7.14. The Labute approximate surface area is 126 Å². The third-order valence-electron chi connectivity index (χ3n) is 3.55. The molecule has 1 aliphatic rings. The Morgan fingerprint density at radius 1 is 1.43 bits per heavy atom. The molecule has 1 aromatic carbocycles. The minimum atomic E-state index is -0.290. The van der Waals surface area contributed by atoms with Crippen molar-refractivity contribution >= 4 is 5.91 Å². The molecule has 21 heavy (non-hydrogen) atoms. The van der Waals surface area contributed by atoms with E-state index in [0.29, 0.717) is 31.9 Å². The second kappa shape index (κ2) is 6.30. The van der Waals surface area contributed by atoms with Crippen molar-refractivity contribution in [2.75, 3.05) is 26.3 Å². The van der Waals surface area contributed by atoms with Gasteiger partial charge in [-0.2, -0.15) is 0 Å². The Morgan fingerprint density at radius 2 is 2.19 bits per heavy atom. The van der Waals surface area contributed by atoms with Crippen molar-refractivity contribution in [3.05, 3.63) is 34.9 Å². The highest BCUT2D eigenvalue weighted by Crippen LogP contribution is 2.22. The number of nitrogens with two attached hydrogens (primary N) is 1. The molecule has 1 amide bonds. The van der Waals surface area contributed by atoms with Crippen LogP contribution in [0.25, 0.3) is 0 Å². The largest absolute Gasteiger partial charge is 0.377 e. The van der Waals surface area contributed by atoms with Gasteiger partial charge < -0.3 is 15.4 Å². The van der Waals surface area contributed by atoms with Gasteiger partial charge in [0, 0.05) is 17.7 Å². The van der Waals surface area contributed by atoms with Crippen molar-refractivity contribution in [3.8, 4) is 11.8 Å². The molecule has 1 saturated heterocycles. The topological polar surface area (TPSA) is 55.6 Å². The number of hydrogen-bond acceptors (Lipinski definition) is 3. The molecular formula is C17H22N2O2. The van der Waals surface area contributed by atoms with Gasteiger partial charge in [-0.3, -0.25) is 4.79 Å². The lowest BCUT2D eigenvalue weighted by atomic mass is 9.99. The molecular weight excluding hydrogens is 264 g/mol. The summed E-state index contributed by atoms with van der Waals surface area (Å²) in [7, 11) is 0. The van der Waals surface area contributed by atoms with Gasteiger partial charge in [-0.25, -0.2) is 0 Å². The van der Waals surface area contributed by atoms with Gasteiger partial charge in [0.05, 0.1) is 25.3 Å². The number of carbonyl (C=O) groups excluding carboxylic acids is 1. The highest BCUT2D eigenvalue weighted by molar-refractivity contribution is 5.95. The number of rotatable bonds is 1. The third-order valence-corrected chi connectivity index (χ3v) is 3.55. The fraction of sp³-hybridized carbons (Fsp3) is 0.471. The van der Waals surface area contributed by atoms with E-state index in [9.17, 15) is 4.79 Å². The van der Waals surface area contributed by atoms with Crippen LogP contribution in [-0.4, -0.2) is 42.6 Å². The van der Waals surface area contributed by atoms with Crippen LogP contribution < -0.4 is 5.73 Å². The van der Waals surface area contributed by atoms with E-state index in [2.05, 4.69) is 11.8 Å². The summed E-state index contributed by atoms with van der Waals surface area (Å²) < 4.78 is 5.47. The van der Waals surface area contributed by atoms with E-state index in [1.54, 1.807) is 0 Å². The number of nitrogens with zero attached hydrogens (tertiary/aromatic N) is 1. The molecule has 1 aromatic rings. The molecule has 4 nitrogen and oxygen atoms in total. The van der Waals surface area contributed by atoms with E-state index >= 15 is 0 Å². The lowest BCUT2D eigenvalue weighted by Gasteiger charge is -2.42. The van der Waals surface area contributed by atoms with Crippen LogP contribution in [0.4, 0.5) is 0 Å². The van der Waals surface area contributed by atoms with Crippen LogP contribution in [0, 0.1) is 18.8 Å². The second-order valence-corrected chi connectivity index (χ2v) is 5.92. The van der Waals surface area contributed by atoms with Crippen LogP contribution in [0.2, 0.25) is 0 Å².